The topological polar surface area (TPSA) is 29.1 Å². The fraction of sp³-hybridized carbons (Fsp3) is 0.222. The highest BCUT2D eigenvalue weighted by molar-refractivity contribution is 7.98. The number of amides is 1. The molecule has 1 amide bonds. The van der Waals surface area contributed by atoms with E-state index in [2.05, 4.69) is 5.32 Å². The highest BCUT2D eigenvalue weighted by atomic mass is 35.5. The molecule has 0 fully saturated rings. The molecule has 0 aliphatic heterocycles. The van der Waals surface area contributed by atoms with Crippen LogP contribution < -0.4 is 5.32 Å². The van der Waals surface area contributed by atoms with E-state index in [1.807, 2.05) is 12.3 Å². The molecule has 0 bridgehead atoms. The molecule has 13 heavy (non-hydrogen) atoms. The predicted molar refractivity (Wildman–Crippen MR) is 57.5 cm³/mol. The SMILES string of the molecule is CSc1ccc(Cl)cc1NC(C)=O. The summed E-state index contributed by atoms with van der Waals surface area (Å²) in [6.45, 7) is 1.48. The van der Waals surface area contributed by atoms with Crippen LogP contribution in [0.25, 0.3) is 0 Å². The van der Waals surface area contributed by atoms with Crippen molar-refractivity contribution in [2.24, 2.45) is 0 Å². The fourth-order valence-corrected chi connectivity index (χ4v) is 1.67. The van der Waals surface area contributed by atoms with Crippen molar-refractivity contribution in [3.63, 3.8) is 0 Å². The van der Waals surface area contributed by atoms with E-state index >= 15 is 0 Å². The van der Waals surface area contributed by atoms with Crippen LogP contribution in [0.1, 0.15) is 6.92 Å². The van der Waals surface area contributed by atoms with Crippen LogP contribution in [-0.2, 0) is 4.79 Å². The first-order chi connectivity index (χ1) is 6.13. The average Bonchev–Trinajstić information content (AvgIpc) is 2.03. The van der Waals surface area contributed by atoms with E-state index in [-0.39, 0.29) is 5.91 Å². The Morgan fingerprint density at radius 1 is 1.54 bits per heavy atom. The monoisotopic (exact) mass is 215 g/mol. The summed E-state index contributed by atoms with van der Waals surface area (Å²) in [5.74, 6) is -0.0856. The van der Waals surface area contributed by atoms with E-state index in [0.717, 1.165) is 10.6 Å². The molecule has 0 radical (unpaired) electrons. The third-order valence-corrected chi connectivity index (χ3v) is 2.50. The molecule has 0 saturated heterocycles. The van der Waals surface area contributed by atoms with Gasteiger partial charge in [-0.15, -0.1) is 11.8 Å². The van der Waals surface area contributed by atoms with Crippen molar-refractivity contribution in [3.05, 3.63) is 23.2 Å². The summed E-state index contributed by atoms with van der Waals surface area (Å²) in [5, 5.41) is 3.35. The fourth-order valence-electron chi connectivity index (χ4n) is 0.968. The van der Waals surface area contributed by atoms with Gasteiger partial charge in [-0.3, -0.25) is 4.79 Å². The van der Waals surface area contributed by atoms with Crippen molar-refractivity contribution >= 4 is 35.0 Å². The third kappa shape index (κ3) is 2.94. The van der Waals surface area contributed by atoms with Crippen molar-refractivity contribution in [1.29, 1.82) is 0 Å². The normalized spacial score (nSPS) is 9.77. The second kappa shape index (κ2) is 4.53. The molecule has 0 heterocycles. The molecule has 0 aromatic heterocycles. The lowest BCUT2D eigenvalue weighted by atomic mass is 10.3. The van der Waals surface area contributed by atoms with Gasteiger partial charge in [-0.2, -0.15) is 0 Å². The van der Waals surface area contributed by atoms with Crippen LogP contribution in [0.2, 0.25) is 5.02 Å². The van der Waals surface area contributed by atoms with Crippen molar-refractivity contribution in [2.45, 2.75) is 11.8 Å². The third-order valence-electron chi connectivity index (χ3n) is 1.47. The van der Waals surface area contributed by atoms with Crippen LogP contribution >= 0.6 is 23.4 Å². The molecular formula is C9H10ClNOS. The molecule has 0 aliphatic carbocycles. The summed E-state index contributed by atoms with van der Waals surface area (Å²) >= 11 is 7.37. The zero-order valence-corrected chi connectivity index (χ0v) is 9.00. The second-order valence-electron chi connectivity index (χ2n) is 2.53. The van der Waals surface area contributed by atoms with Gasteiger partial charge >= 0.3 is 0 Å². The second-order valence-corrected chi connectivity index (χ2v) is 3.81. The minimum absolute atomic E-state index is 0.0856. The van der Waals surface area contributed by atoms with Crippen LogP contribution in [0, 0.1) is 0 Å². The van der Waals surface area contributed by atoms with Crippen LogP contribution in [0.3, 0.4) is 0 Å². The quantitative estimate of drug-likeness (QED) is 0.769. The van der Waals surface area contributed by atoms with Crippen molar-refractivity contribution in [2.75, 3.05) is 11.6 Å². The lowest BCUT2D eigenvalue weighted by Crippen LogP contribution is -2.06. The molecule has 0 spiro atoms. The minimum atomic E-state index is -0.0856. The first kappa shape index (κ1) is 10.4. The van der Waals surface area contributed by atoms with Crippen molar-refractivity contribution in [1.82, 2.24) is 0 Å². The number of benzene rings is 1. The molecule has 0 saturated carbocycles. The summed E-state index contributed by atoms with van der Waals surface area (Å²) < 4.78 is 0. The Bertz CT molecular complexity index is 327. The van der Waals surface area contributed by atoms with Crippen LogP contribution in [0.4, 0.5) is 5.69 Å². The molecule has 0 unspecified atom stereocenters. The summed E-state index contributed by atoms with van der Waals surface area (Å²) in [6.07, 6.45) is 1.95. The van der Waals surface area contributed by atoms with Gasteiger partial charge in [0.15, 0.2) is 0 Å². The Labute approximate surface area is 86.7 Å². The Hall–Kier alpha value is -0.670. The van der Waals surface area contributed by atoms with Crippen LogP contribution in [0.5, 0.6) is 0 Å². The molecule has 1 aromatic rings. The first-order valence-corrected chi connectivity index (χ1v) is 5.35. The smallest absolute Gasteiger partial charge is 0.221 e. The maximum Gasteiger partial charge on any atom is 0.221 e. The molecule has 70 valence electrons. The lowest BCUT2D eigenvalue weighted by Gasteiger charge is -2.07. The van der Waals surface area contributed by atoms with Gasteiger partial charge in [0.2, 0.25) is 5.91 Å². The van der Waals surface area contributed by atoms with Crippen molar-refractivity contribution in [3.8, 4) is 0 Å². The molecule has 0 aliphatic rings. The highest BCUT2D eigenvalue weighted by Gasteiger charge is 2.03. The Morgan fingerprint density at radius 3 is 2.77 bits per heavy atom. The molecule has 0 atom stereocenters. The maximum atomic E-state index is 10.8. The summed E-state index contributed by atoms with van der Waals surface area (Å²) in [4.78, 5) is 11.8. The number of hydrogen-bond acceptors (Lipinski definition) is 2. The summed E-state index contributed by atoms with van der Waals surface area (Å²) in [5.41, 5.74) is 0.771. The number of hydrogen-bond donors (Lipinski definition) is 1. The molecule has 2 nitrogen and oxygen atoms in total. The number of rotatable bonds is 2. The number of carbonyl (C=O) groups is 1. The molecule has 1 N–H and O–H groups in total. The lowest BCUT2D eigenvalue weighted by molar-refractivity contribution is -0.114. The molecule has 1 rings (SSSR count). The zero-order chi connectivity index (χ0) is 9.84. The van der Waals surface area contributed by atoms with E-state index in [9.17, 15) is 4.79 Å². The summed E-state index contributed by atoms with van der Waals surface area (Å²) in [6, 6.07) is 5.44. The van der Waals surface area contributed by atoms with Gasteiger partial charge in [0, 0.05) is 16.8 Å². The van der Waals surface area contributed by atoms with E-state index in [1.54, 1.807) is 23.9 Å². The van der Waals surface area contributed by atoms with Gasteiger partial charge in [0.25, 0.3) is 0 Å². The number of halogens is 1. The van der Waals surface area contributed by atoms with Gasteiger partial charge in [0.05, 0.1) is 5.69 Å². The Balaban J connectivity index is 3.01. The zero-order valence-electron chi connectivity index (χ0n) is 7.43. The van der Waals surface area contributed by atoms with Gasteiger partial charge < -0.3 is 5.32 Å². The van der Waals surface area contributed by atoms with Crippen LogP contribution in [0.15, 0.2) is 23.1 Å². The first-order valence-electron chi connectivity index (χ1n) is 3.74. The standard InChI is InChI=1S/C9H10ClNOS/c1-6(12)11-8-5-7(10)3-4-9(8)13-2/h3-5H,1-2H3,(H,11,12). The number of carbonyl (C=O) groups excluding carboxylic acids is 1. The van der Waals surface area contributed by atoms with Crippen LogP contribution in [-0.4, -0.2) is 12.2 Å². The number of anilines is 1. The largest absolute Gasteiger partial charge is 0.325 e. The van der Waals surface area contributed by atoms with Gasteiger partial charge in [-0.05, 0) is 24.5 Å². The summed E-state index contributed by atoms with van der Waals surface area (Å²) in [7, 11) is 0. The van der Waals surface area contributed by atoms with E-state index in [0.29, 0.717) is 5.02 Å². The minimum Gasteiger partial charge on any atom is -0.325 e. The molecule has 4 heteroatoms. The van der Waals surface area contributed by atoms with Gasteiger partial charge in [0.1, 0.15) is 0 Å². The predicted octanol–water partition coefficient (Wildman–Crippen LogP) is 3.02. The van der Waals surface area contributed by atoms with Gasteiger partial charge in [-0.1, -0.05) is 11.6 Å². The van der Waals surface area contributed by atoms with E-state index < -0.39 is 0 Å². The van der Waals surface area contributed by atoms with Gasteiger partial charge in [-0.25, -0.2) is 0 Å². The number of nitrogens with one attached hydrogen (secondary N) is 1. The molecular weight excluding hydrogens is 206 g/mol. The Kier molecular flexibility index (Phi) is 3.63. The number of thioether (sulfide) groups is 1. The Morgan fingerprint density at radius 2 is 2.23 bits per heavy atom. The molecule has 1 aromatic carbocycles. The average molecular weight is 216 g/mol. The van der Waals surface area contributed by atoms with E-state index in [1.165, 1.54) is 6.92 Å². The van der Waals surface area contributed by atoms with E-state index in [4.69, 9.17) is 11.6 Å². The maximum absolute atomic E-state index is 10.8. The highest BCUT2D eigenvalue weighted by Crippen LogP contribution is 2.28. The van der Waals surface area contributed by atoms with Crippen molar-refractivity contribution < 1.29 is 4.79 Å².